The number of amides is 1. The molecule has 0 aromatic heterocycles. The fourth-order valence-corrected chi connectivity index (χ4v) is 2.85. The predicted octanol–water partition coefficient (Wildman–Crippen LogP) is 2.27. The molecular formula is C13H22N2O2. The van der Waals surface area contributed by atoms with Crippen LogP contribution >= 0.6 is 0 Å². The van der Waals surface area contributed by atoms with Crippen molar-refractivity contribution in [3.8, 4) is 0 Å². The highest BCUT2D eigenvalue weighted by Crippen LogP contribution is 2.30. The van der Waals surface area contributed by atoms with E-state index in [2.05, 4.69) is 12.1 Å². The summed E-state index contributed by atoms with van der Waals surface area (Å²) >= 11 is 0. The van der Waals surface area contributed by atoms with Gasteiger partial charge >= 0.3 is 0 Å². The molecule has 4 heteroatoms. The summed E-state index contributed by atoms with van der Waals surface area (Å²) in [7, 11) is 0. The van der Waals surface area contributed by atoms with Crippen LogP contribution in [0.5, 0.6) is 0 Å². The van der Waals surface area contributed by atoms with Gasteiger partial charge in [-0.25, -0.2) is 0 Å². The molecule has 0 radical (unpaired) electrons. The lowest BCUT2D eigenvalue weighted by Crippen LogP contribution is -2.42. The fourth-order valence-electron chi connectivity index (χ4n) is 2.85. The van der Waals surface area contributed by atoms with E-state index in [1.54, 1.807) is 0 Å². The second-order valence-electron chi connectivity index (χ2n) is 5.45. The first kappa shape index (κ1) is 12.4. The van der Waals surface area contributed by atoms with E-state index in [9.17, 15) is 4.79 Å². The molecule has 0 spiro atoms. The van der Waals surface area contributed by atoms with E-state index in [-0.39, 0.29) is 5.92 Å². The van der Waals surface area contributed by atoms with Crippen LogP contribution in [0, 0.1) is 11.8 Å². The molecule has 0 atom stereocenters. The Morgan fingerprint density at radius 1 is 1.24 bits per heavy atom. The van der Waals surface area contributed by atoms with E-state index >= 15 is 0 Å². The lowest BCUT2D eigenvalue weighted by Gasteiger charge is -2.33. The third-order valence-corrected chi connectivity index (χ3v) is 4.16. The third-order valence-electron chi connectivity index (χ3n) is 4.16. The average Bonchev–Trinajstić information content (AvgIpc) is 2.39. The van der Waals surface area contributed by atoms with Crippen molar-refractivity contribution in [1.29, 1.82) is 0 Å². The smallest absolute Gasteiger partial charge is 0.225 e. The summed E-state index contributed by atoms with van der Waals surface area (Å²) in [4.78, 5) is 14.2. The minimum absolute atomic E-state index is 0.249. The number of hydrogen-bond donors (Lipinski definition) is 1. The molecule has 2 rings (SSSR count). The fraction of sp³-hybridized carbons (Fsp3) is 0.846. The van der Waals surface area contributed by atoms with Gasteiger partial charge in [0.2, 0.25) is 5.91 Å². The molecule has 1 N–H and O–H groups in total. The van der Waals surface area contributed by atoms with Crippen LogP contribution in [-0.2, 0) is 4.79 Å². The first-order chi connectivity index (χ1) is 8.20. The summed E-state index contributed by atoms with van der Waals surface area (Å²) in [5.74, 6) is 1.36. The van der Waals surface area contributed by atoms with Gasteiger partial charge in [0.15, 0.2) is 0 Å². The van der Waals surface area contributed by atoms with Crippen molar-refractivity contribution < 1.29 is 10.0 Å². The Kier molecular flexibility index (Phi) is 4.02. The van der Waals surface area contributed by atoms with Crippen LogP contribution in [0.1, 0.15) is 45.4 Å². The molecular weight excluding hydrogens is 216 g/mol. The number of hydrogen-bond acceptors (Lipinski definition) is 3. The number of likely N-dealkylation sites (tertiary alicyclic amines) is 1. The molecule has 2 aliphatic rings. The average molecular weight is 238 g/mol. The number of oxime groups is 1. The number of nitrogens with zero attached hydrogens (tertiary/aromatic N) is 2. The Hall–Kier alpha value is -1.06. The maximum Gasteiger partial charge on any atom is 0.225 e. The molecule has 1 aliphatic carbocycles. The SMILES string of the molecule is CC1CCC(C(=O)N2CCC(=NO)CC2)CC1. The zero-order valence-corrected chi connectivity index (χ0v) is 10.6. The minimum Gasteiger partial charge on any atom is -0.411 e. The van der Waals surface area contributed by atoms with Crippen LogP contribution in [-0.4, -0.2) is 34.8 Å². The van der Waals surface area contributed by atoms with Crippen LogP contribution in [0.2, 0.25) is 0 Å². The van der Waals surface area contributed by atoms with Gasteiger partial charge in [0.05, 0.1) is 5.71 Å². The molecule has 4 nitrogen and oxygen atoms in total. The third kappa shape index (κ3) is 2.99. The molecule has 17 heavy (non-hydrogen) atoms. The number of piperidine rings is 1. The maximum atomic E-state index is 12.3. The maximum absolute atomic E-state index is 12.3. The zero-order valence-electron chi connectivity index (χ0n) is 10.6. The molecule has 0 aromatic rings. The van der Waals surface area contributed by atoms with Gasteiger partial charge in [-0.3, -0.25) is 4.79 Å². The van der Waals surface area contributed by atoms with E-state index in [0.29, 0.717) is 5.91 Å². The predicted molar refractivity (Wildman–Crippen MR) is 66.2 cm³/mol. The number of rotatable bonds is 1. The molecule has 1 saturated heterocycles. The van der Waals surface area contributed by atoms with Gasteiger partial charge in [-0.2, -0.15) is 0 Å². The Balaban J connectivity index is 1.84. The van der Waals surface area contributed by atoms with E-state index in [0.717, 1.165) is 50.4 Å². The van der Waals surface area contributed by atoms with Crippen molar-refractivity contribution in [3.05, 3.63) is 0 Å². The minimum atomic E-state index is 0.249. The quantitative estimate of drug-likeness (QED) is 0.563. The Bertz CT molecular complexity index is 297. The van der Waals surface area contributed by atoms with Gasteiger partial charge < -0.3 is 10.1 Å². The standard InChI is InChI=1S/C13H22N2O2/c1-10-2-4-11(5-3-10)13(16)15-8-6-12(14-17)7-9-15/h10-11,17H,2-9H2,1H3. The van der Waals surface area contributed by atoms with Crippen molar-refractivity contribution in [3.63, 3.8) is 0 Å². The number of carbonyl (C=O) groups is 1. The monoisotopic (exact) mass is 238 g/mol. The van der Waals surface area contributed by atoms with Gasteiger partial charge in [0, 0.05) is 31.8 Å². The van der Waals surface area contributed by atoms with Crippen LogP contribution in [0.25, 0.3) is 0 Å². The van der Waals surface area contributed by atoms with Crippen molar-refractivity contribution >= 4 is 11.6 Å². The molecule has 96 valence electrons. The second kappa shape index (κ2) is 5.52. The van der Waals surface area contributed by atoms with Crippen LogP contribution < -0.4 is 0 Å². The van der Waals surface area contributed by atoms with Crippen molar-refractivity contribution in [2.75, 3.05) is 13.1 Å². The molecule has 1 saturated carbocycles. The highest BCUT2D eigenvalue weighted by atomic mass is 16.4. The van der Waals surface area contributed by atoms with Crippen molar-refractivity contribution in [1.82, 2.24) is 4.90 Å². The van der Waals surface area contributed by atoms with Gasteiger partial charge in [-0.15, -0.1) is 0 Å². The molecule has 1 heterocycles. The van der Waals surface area contributed by atoms with E-state index in [4.69, 9.17) is 5.21 Å². The Morgan fingerprint density at radius 2 is 1.82 bits per heavy atom. The highest BCUT2D eigenvalue weighted by Gasteiger charge is 2.29. The summed E-state index contributed by atoms with van der Waals surface area (Å²) in [6.07, 6.45) is 5.94. The lowest BCUT2D eigenvalue weighted by atomic mass is 9.82. The lowest BCUT2D eigenvalue weighted by molar-refractivity contribution is -0.137. The van der Waals surface area contributed by atoms with Crippen LogP contribution in [0.4, 0.5) is 0 Å². The molecule has 0 aromatic carbocycles. The molecule has 2 fully saturated rings. The van der Waals surface area contributed by atoms with Gasteiger partial charge in [-0.05, 0) is 31.6 Å². The molecule has 1 aliphatic heterocycles. The summed E-state index contributed by atoms with van der Waals surface area (Å²) in [5.41, 5.74) is 0.825. The highest BCUT2D eigenvalue weighted by molar-refractivity contribution is 5.87. The van der Waals surface area contributed by atoms with E-state index in [1.165, 1.54) is 12.8 Å². The summed E-state index contributed by atoms with van der Waals surface area (Å²) < 4.78 is 0. The number of carbonyl (C=O) groups excluding carboxylic acids is 1. The topological polar surface area (TPSA) is 52.9 Å². The summed E-state index contributed by atoms with van der Waals surface area (Å²) in [6, 6.07) is 0. The van der Waals surface area contributed by atoms with Crippen molar-refractivity contribution in [2.24, 2.45) is 17.0 Å². The molecule has 0 unspecified atom stereocenters. The van der Waals surface area contributed by atoms with Crippen LogP contribution in [0.15, 0.2) is 5.16 Å². The Morgan fingerprint density at radius 3 is 2.35 bits per heavy atom. The second-order valence-corrected chi connectivity index (χ2v) is 5.45. The van der Waals surface area contributed by atoms with Gasteiger partial charge in [0.1, 0.15) is 0 Å². The molecule has 0 bridgehead atoms. The summed E-state index contributed by atoms with van der Waals surface area (Å²) in [5, 5.41) is 11.9. The molecule has 1 amide bonds. The van der Waals surface area contributed by atoms with Crippen molar-refractivity contribution in [2.45, 2.75) is 45.4 Å². The van der Waals surface area contributed by atoms with Gasteiger partial charge in [-0.1, -0.05) is 12.1 Å². The first-order valence-electron chi connectivity index (χ1n) is 6.69. The zero-order chi connectivity index (χ0) is 12.3. The van der Waals surface area contributed by atoms with E-state index < -0.39 is 0 Å². The largest absolute Gasteiger partial charge is 0.411 e. The normalized spacial score (nSPS) is 30.2. The van der Waals surface area contributed by atoms with Gasteiger partial charge in [0.25, 0.3) is 0 Å². The summed E-state index contributed by atoms with van der Waals surface area (Å²) in [6.45, 7) is 3.72. The first-order valence-corrected chi connectivity index (χ1v) is 6.69. The Labute approximate surface area is 103 Å². The van der Waals surface area contributed by atoms with E-state index in [1.807, 2.05) is 4.90 Å². The van der Waals surface area contributed by atoms with Crippen LogP contribution in [0.3, 0.4) is 0 Å².